The fraction of sp³-hybridized carbons (Fsp3) is 0.520. The highest BCUT2D eigenvalue weighted by Crippen LogP contribution is 2.44. The first-order valence-corrected chi connectivity index (χ1v) is 11.9. The molecular weight excluding hydrogens is 390 g/mol. The molecule has 1 N–H and O–H groups in total. The summed E-state index contributed by atoms with van der Waals surface area (Å²) in [5, 5.41) is 7.27. The smallest absolute Gasteiger partial charge is 0.137 e. The zero-order valence-corrected chi connectivity index (χ0v) is 18.5. The molecule has 30 heavy (non-hydrogen) atoms. The Hall–Kier alpha value is -1.98. The zero-order chi connectivity index (χ0) is 20.4. The van der Waals surface area contributed by atoms with Gasteiger partial charge in [-0.05, 0) is 63.1 Å². The Morgan fingerprint density at radius 2 is 1.77 bits per heavy atom. The summed E-state index contributed by atoms with van der Waals surface area (Å²) in [6, 6.07) is 12.9. The maximum absolute atomic E-state index is 6.78. The predicted molar refractivity (Wildman–Crippen MR) is 128 cm³/mol. The minimum absolute atomic E-state index is 0.121. The van der Waals surface area contributed by atoms with Gasteiger partial charge in [-0.2, -0.15) is 5.10 Å². The van der Waals surface area contributed by atoms with Gasteiger partial charge in [0.2, 0.25) is 0 Å². The second kappa shape index (κ2) is 8.64. The van der Waals surface area contributed by atoms with Crippen molar-refractivity contribution in [2.45, 2.75) is 63.4 Å². The highest BCUT2D eigenvalue weighted by Gasteiger charge is 2.41. The number of rotatable bonds is 3. The molecule has 2 aromatic carbocycles. The normalized spacial score (nSPS) is 22.6. The second-order valence-electron chi connectivity index (χ2n) is 9.12. The largest absolute Gasteiger partial charge is 0.486 e. The number of hydrazone groups is 1. The molecule has 1 saturated heterocycles. The molecule has 1 saturated carbocycles. The van der Waals surface area contributed by atoms with Crippen LogP contribution in [-0.4, -0.2) is 40.8 Å². The van der Waals surface area contributed by atoms with Gasteiger partial charge in [-0.15, -0.1) is 0 Å². The molecular formula is C25H31N3OS. The average Bonchev–Trinajstić information content (AvgIpc) is 2.78. The Bertz CT molecular complexity index is 958. The van der Waals surface area contributed by atoms with Crippen LogP contribution in [0.3, 0.4) is 0 Å². The number of nitrogens with zero attached hydrogens (tertiary/aromatic N) is 2. The third-order valence-corrected chi connectivity index (χ3v) is 7.12. The summed E-state index contributed by atoms with van der Waals surface area (Å²) < 4.78 is 6.78. The molecule has 0 amide bonds. The molecule has 0 atom stereocenters. The SMILES string of the molecule is S=C(CN1CCCCC1)N/N=C1\CC2(CCCCC2)Oc2c1ccc1ccccc21. The Balaban J connectivity index is 1.44. The molecule has 1 spiro atoms. The molecule has 0 unspecified atom stereocenters. The van der Waals surface area contributed by atoms with Crippen molar-refractivity contribution >= 4 is 33.7 Å². The summed E-state index contributed by atoms with van der Waals surface area (Å²) in [5.41, 5.74) is 5.31. The number of hydrogen-bond donors (Lipinski definition) is 1. The van der Waals surface area contributed by atoms with Crippen LogP contribution in [0.4, 0.5) is 0 Å². The molecule has 0 radical (unpaired) electrons. The summed E-state index contributed by atoms with van der Waals surface area (Å²) in [6.45, 7) is 3.09. The van der Waals surface area contributed by atoms with E-state index in [9.17, 15) is 0 Å². The van der Waals surface area contributed by atoms with Crippen molar-refractivity contribution in [3.05, 3.63) is 42.0 Å². The third-order valence-electron chi connectivity index (χ3n) is 6.89. The van der Waals surface area contributed by atoms with Crippen LogP contribution in [-0.2, 0) is 0 Å². The molecule has 0 bridgehead atoms. The number of thiocarbonyl (C=S) groups is 1. The highest BCUT2D eigenvalue weighted by atomic mass is 32.1. The van der Waals surface area contributed by atoms with E-state index in [1.165, 1.54) is 49.3 Å². The summed E-state index contributed by atoms with van der Waals surface area (Å²) in [6.07, 6.45) is 10.7. The van der Waals surface area contributed by atoms with Crippen molar-refractivity contribution in [2.75, 3.05) is 19.6 Å². The van der Waals surface area contributed by atoms with Crippen molar-refractivity contribution in [1.82, 2.24) is 10.3 Å². The fourth-order valence-corrected chi connectivity index (χ4v) is 5.52. The van der Waals surface area contributed by atoms with E-state index < -0.39 is 0 Å². The summed E-state index contributed by atoms with van der Waals surface area (Å²) in [7, 11) is 0. The molecule has 4 nitrogen and oxygen atoms in total. The van der Waals surface area contributed by atoms with Crippen molar-refractivity contribution in [3.63, 3.8) is 0 Å². The summed E-state index contributed by atoms with van der Waals surface area (Å²) in [4.78, 5) is 3.25. The van der Waals surface area contributed by atoms with Gasteiger partial charge in [-0.3, -0.25) is 10.3 Å². The molecule has 1 aliphatic carbocycles. The van der Waals surface area contributed by atoms with Crippen LogP contribution >= 0.6 is 12.2 Å². The summed E-state index contributed by atoms with van der Waals surface area (Å²) >= 11 is 5.64. The van der Waals surface area contributed by atoms with Crippen molar-refractivity contribution in [1.29, 1.82) is 0 Å². The molecule has 158 valence electrons. The fourth-order valence-electron chi connectivity index (χ4n) is 5.29. The zero-order valence-electron chi connectivity index (χ0n) is 17.7. The maximum Gasteiger partial charge on any atom is 0.137 e. The Kier molecular flexibility index (Phi) is 5.74. The van der Waals surface area contributed by atoms with Gasteiger partial charge >= 0.3 is 0 Å². The van der Waals surface area contributed by atoms with Gasteiger partial charge in [0.15, 0.2) is 0 Å². The van der Waals surface area contributed by atoms with Crippen LogP contribution in [0.15, 0.2) is 41.5 Å². The molecule has 3 aliphatic rings. The van der Waals surface area contributed by atoms with Crippen LogP contribution in [0.25, 0.3) is 10.8 Å². The Morgan fingerprint density at radius 3 is 2.60 bits per heavy atom. The number of likely N-dealkylation sites (tertiary alicyclic amines) is 1. The quantitative estimate of drug-likeness (QED) is 0.529. The van der Waals surface area contributed by atoms with Crippen molar-refractivity contribution in [3.8, 4) is 5.75 Å². The van der Waals surface area contributed by atoms with Crippen LogP contribution in [0, 0.1) is 0 Å². The number of nitrogens with one attached hydrogen (secondary N) is 1. The van der Waals surface area contributed by atoms with Crippen molar-refractivity contribution in [2.24, 2.45) is 5.10 Å². The molecule has 5 rings (SSSR count). The molecule has 5 heteroatoms. The standard InChI is InChI=1S/C25H31N3OS/c30-23(18-28-15-7-2-8-16-28)27-26-22-17-25(13-5-1-6-14-25)29-24-20-10-4-3-9-19(20)11-12-21(22)24/h3-4,9-12H,1-2,5-8,13-18H2,(H,27,30)/b26-22+. The number of fused-ring (bicyclic) bond motifs is 3. The lowest BCUT2D eigenvalue weighted by molar-refractivity contribution is 0.0336. The van der Waals surface area contributed by atoms with Gasteiger partial charge < -0.3 is 4.74 Å². The molecule has 2 aromatic rings. The van der Waals surface area contributed by atoms with E-state index >= 15 is 0 Å². The topological polar surface area (TPSA) is 36.9 Å². The van der Waals surface area contributed by atoms with Crippen LogP contribution in [0.5, 0.6) is 5.75 Å². The lowest BCUT2D eigenvalue weighted by Gasteiger charge is -2.42. The minimum Gasteiger partial charge on any atom is -0.486 e. The second-order valence-corrected chi connectivity index (χ2v) is 9.61. The van der Waals surface area contributed by atoms with Crippen molar-refractivity contribution < 1.29 is 4.74 Å². The van der Waals surface area contributed by atoms with Crippen LogP contribution in [0.2, 0.25) is 0 Å². The predicted octanol–water partition coefficient (Wildman–Crippen LogP) is 5.43. The first-order chi connectivity index (χ1) is 14.7. The Morgan fingerprint density at radius 1 is 1.00 bits per heavy atom. The lowest BCUT2D eigenvalue weighted by Crippen LogP contribution is -2.44. The minimum atomic E-state index is -0.121. The molecule has 2 aliphatic heterocycles. The first-order valence-electron chi connectivity index (χ1n) is 11.5. The van der Waals surface area contributed by atoms with Crippen LogP contribution < -0.4 is 10.2 Å². The van der Waals surface area contributed by atoms with E-state index in [0.717, 1.165) is 60.9 Å². The van der Waals surface area contributed by atoms with E-state index in [4.69, 9.17) is 22.1 Å². The van der Waals surface area contributed by atoms with E-state index in [1.807, 2.05) is 0 Å². The molecule has 2 heterocycles. The summed E-state index contributed by atoms with van der Waals surface area (Å²) in [5.74, 6) is 1.00. The van der Waals surface area contributed by atoms with Gasteiger partial charge in [0.05, 0.1) is 12.3 Å². The number of piperidine rings is 1. The van der Waals surface area contributed by atoms with E-state index in [-0.39, 0.29) is 5.60 Å². The highest BCUT2D eigenvalue weighted by molar-refractivity contribution is 7.80. The van der Waals surface area contributed by atoms with Gasteiger partial charge in [0.1, 0.15) is 16.3 Å². The monoisotopic (exact) mass is 421 g/mol. The number of ether oxygens (including phenoxy) is 1. The van der Waals surface area contributed by atoms with Gasteiger partial charge in [0.25, 0.3) is 0 Å². The van der Waals surface area contributed by atoms with Gasteiger partial charge in [-0.1, -0.05) is 55.4 Å². The van der Waals surface area contributed by atoms with Crippen LogP contribution in [0.1, 0.15) is 63.4 Å². The van der Waals surface area contributed by atoms with E-state index in [0.29, 0.717) is 0 Å². The average molecular weight is 422 g/mol. The molecule has 2 fully saturated rings. The lowest BCUT2D eigenvalue weighted by atomic mass is 9.78. The first kappa shape index (κ1) is 20.0. The number of benzene rings is 2. The van der Waals surface area contributed by atoms with E-state index in [2.05, 4.69) is 46.7 Å². The van der Waals surface area contributed by atoms with E-state index in [1.54, 1.807) is 0 Å². The molecule has 0 aromatic heterocycles. The van der Waals surface area contributed by atoms with Gasteiger partial charge in [0, 0.05) is 17.4 Å². The van der Waals surface area contributed by atoms with Gasteiger partial charge in [-0.25, -0.2) is 0 Å². The number of hydrogen-bond acceptors (Lipinski definition) is 4. The maximum atomic E-state index is 6.78. The third kappa shape index (κ3) is 4.10. The Labute approximate surface area is 184 Å².